The molecule has 0 bridgehead atoms. The summed E-state index contributed by atoms with van der Waals surface area (Å²) in [4.78, 5) is 11.7. The summed E-state index contributed by atoms with van der Waals surface area (Å²) in [6.07, 6.45) is 4.62. The van der Waals surface area contributed by atoms with E-state index in [9.17, 15) is 4.79 Å². The molecule has 21 heavy (non-hydrogen) atoms. The molecule has 0 aliphatic carbocycles. The topological polar surface area (TPSA) is 54.0 Å². The molecule has 126 valence electrons. The van der Waals surface area contributed by atoms with Crippen molar-refractivity contribution < 1.29 is 23.7 Å². The second-order valence-electron chi connectivity index (χ2n) is 4.93. The van der Waals surface area contributed by atoms with E-state index >= 15 is 0 Å². The highest BCUT2D eigenvalue weighted by Crippen LogP contribution is 2.06. The summed E-state index contributed by atoms with van der Waals surface area (Å²) in [5.41, 5.74) is 0. The van der Waals surface area contributed by atoms with Gasteiger partial charge in [-0.25, -0.2) is 4.79 Å². The lowest BCUT2D eigenvalue weighted by Crippen LogP contribution is -2.27. The number of rotatable bonds is 14. The smallest absolute Gasteiger partial charge is 0.334 e. The van der Waals surface area contributed by atoms with Crippen LogP contribution in [0.25, 0.3) is 0 Å². The summed E-state index contributed by atoms with van der Waals surface area (Å²) in [6.45, 7) is 9.25. The third-order valence-electron chi connectivity index (χ3n) is 2.92. The van der Waals surface area contributed by atoms with E-state index in [1.165, 1.54) is 0 Å². The Balaban J connectivity index is 3.87. The number of esters is 1. The van der Waals surface area contributed by atoms with Crippen LogP contribution in [0.5, 0.6) is 0 Å². The normalized spacial score (nSPS) is 13.9. The number of hydrogen-bond donors (Lipinski definition) is 0. The van der Waals surface area contributed by atoms with Gasteiger partial charge in [0.2, 0.25) is 6.29 Å². The van der Waals surface area contributed by atoms with Gasteiger partial charge in [-0.05, 0) is 19.3 Å². The lowest BCUT2D eigenvalue weighted by molar-refractivity contribution is -0.197. The highest BCUT2D eigenvalue weighted by molar-refractivity contribution is 5.70. The maximum absolute atomic E-state index is 11.7. The van der Waals surface area contributed by atoms with Crippen molar-refractivity contribution in [1.29, 1.82) is 0 Å². The summed E-state index contributed by atoms with van der Waals surface area (Å²) >= 11 is 0. The third-order valence-corrected chi connectivity index (χ3v) is 2.92. The van der Waals surface area contributed by atoms with Crippen LogP contribution in [0, 0.1) is 0 Å². The molecule has 0 aliphatic heterocycles. The molecule has 0 fully saturated rings. The third kappa shape index (κ3) is 11.7. The molecule has 0 aliphatic rings. The van der Waals surface area contributed by atoms with Gasteiger partial charge in [-0.15, -0.1) is 0 Å². The Morgan fingerprint density at radius 1 is 0.810 bits per heavy atom. The number of ether oxygens (including phenoxy) is 4. The average Bonchev–Trinajstić information content (AvgIpc) is 2.49. The zero-order valence-electron chi connectivity index (χ0n) is 14.1. The van der Waals surface area contributed by atoms with Gasteiger partial charge >= 0.3 is 5.97 Å². The van der Waals surface area contributed by atoms with Crippen LogP contribution < -0.4 is 0 Å². The van der Waals surface area contributed by atoms with Crippen LogP contribution in [0.15, 0.2) is 0 Å². The molecule has 0 N–H and O–H groups in total. The SMILES string of the molecule is CCCCOC(CC)OCC(=O)OC(CC)OCCCC. The minimum absolute atomic E-state index is 0.0989. The van der Waals surface area contributed by atoms with Crippen LogP contribution in [0.3, 0.4) is 0 Å². The Hall–Kier alpha value is -0.650. The molecule has 2 atom stereocenters. The van der Waals surface area contributed by atoms with Crippen molar-refractivity contribution in [3.8, 4) is 0 Å². The average molecular weight is 304 g/mol. The molecule has 0 heterocycles. The number of hydrogen-bond acceptors (Lipinski definition) is 5. The van der Waals surface area contributed by atoms with Crippen molar-refractivity contribution in [2.45, 2.75) is 78.8 Å². The van der Waals surface area contributed by atoms with Gasteiger partial charge in [-0.2, -0.15) is 0 Å². The molecule has 0 amide bonds. The number of unbranched alkanes of at least 4 members (excludes halogenated alkanes) is 2. The van der Waals surface area contributed by atoms with E-state index in [0.717, 1.165) is 25.7 Å². The summed E-state index contributed by atoms with van der Waals surface area (Å²) in [6, 6.07) is 0. The molecule has 5 heteroatoms. The molecule has 2 unspecified atom stereocenters. The van der Waals surface area contributed by atoms with Gasteiger partial charge in [0.25, 0.3) is 0 Å². The van der Waals surface area contributed by atoms with E-state index in [1.54, 1.807) is 0 Å². The first-order chi connectivity index (χ1) is 10.2. The minimum Gasteiger partial charge on any atom is -0.434 e. The summed E-state index contributed by atoms with van der Waals surface area (Å²) in [5, 5.41) is 0. The number of carbonyl (C=O) groups is 1. The zero-order chi connectivity index (χ0) is 15.9. The van der Waals surface area contributed by atoms with E-state index in [2.05, 4.69) is 13.8 Å². The van der Waals surface area contributed by atoms with Gasteiger partial charge in [0, 0.05) is 13.0 Å². The summed E-state index contributed by atoms with van der Waals surface area (Å²) in [7, 11) is 0. The molecular weight excluding hydrogens is 272 g/mol. The van der Waals surface area contributed by atoms with Crippen molar-refractivity contribution in [3.05, 3.63) is 0 Å². The molecule has 0 radical (unpaired) electrons. The Bertz CT molecular complexity index is 245. The Kier molecular flexibility index (Phi) is 13.9. The van der Waals surface area contributed by atoms with Crippen LogP contribution in [0.4, 0.5) is 0 Å². The van der Waals surface area contributed by atoms with Gasteiger partial charge in [0.1, 0.15) is 6.61 Å². The van der Waals surface area contributed by atoms with Crippen molar-refractivity contribution >= 4 is 5.97 Å². The van der Waals surface area contributed by atoms with E-state index in [-0.39, 0.29) is 12.9 Å². The molecular formula is C16H32O5. The van der Waals surface area contributed by atoms with Crippen LogP contribution >= 0.6 is 0 Å². The molecule has 0 aromatic rings. The van der Waals surface area contributed by atoms with Crippen LogP contribution in [0.1, 0.15) is 66.2 Å². The fourth-order valence-corrected chi connectivity index (χ4v) is 1.58. The highest BCUT2D eigenvalue weighted by atomic mass is 16.7. The van der Waals surface area contributed by atoms with Crippen molar-refractivity contribution in [3.63, 3.8) is 0 Å². The van der Waals surface area contributed by atoms with E-state index in [1.807, 2.05) is 13.8 Å². The molecule has 0 spiro atoms. The molecule has 0 aromatic carbocycles. The van der Waals surface area contributed by atoms with Gasteiger partial charge in [0.05, 0.1) is 6.61 Å². The largest absolute Gasteiger partial charge is 0.434 e. The molecule has 0 aromatic heterocycles. The first-order valence-corrected chi connectivity index (χ1v) is 8.22. The minimum atomic E-state index is -0.478. The maximum Gasteiger partial charge on any atom is 0.334 e. The Morgan fingerprint density at radius 2 is 1.33 bits per heavy atom. The standard InChI is InChI=1S/C16H32O5/c1-5-9-11-18-15(7-3)20-13-14(17)21-16(8-4)19-12-10-6-2/h15-16H,5-13H2,1-4H3. The quantitative estimate of drug-likeness (QED) is 0.278. The van der Waals surface area contributed by atoms with Crippen molar-refractivity contribution in [1.82, 2.24) is 0 Å². The van der Waals surface area contributed by atoms with Crippen molar-refractivity contribution in [2.24, 2.45) is 0 Å². The first kappa shape index (κ1) is 20.3. The summed E-state index contributed by atoms with van der Waals surface area (Å²) in [5.74, 6) is -0.407. The van der Waals surface area contributed by atoms with Crippen LogP contribution in [0.2, 0.25) is 0 Å². The van der Waals surface area contributed by atoms with Crippen LogP contribution in [-0.4, -0.2) is 38.4 Å². The Morgan fingerprint density at radius 3 is 1.81 bits per heavy atom. The second-order valence-corrected chi connectivity index (χ2v) is 4.93. The first-order valence-electron chi connectivity index (χ1n) is 8.22. The van der Waals surface area contributed by atoms with Crippen molar-refractivity contribution in [2.75, 3.05) is 19.8 Å². The van der Waals surface area contributed by atoms with E-state index in [0.29, 0.717) is 26.1 Å². The predicted molar refractivity (Wildman–Crippen MR) is 81.9 cm³/mol. The molecule has 0 saturated carbocycles. The highest BCUT2D eigenvalue weighted by Gasteiger charge is 2.15. The van der Waals surface area contributed by atoms with E-state index in [4.69, 9.17) is 18.9 Å². The lowest BCUT2D eigenvalue weighted by atomic mass is 10.3. The van der Waals surface area contributed by atoms with Gasteiger partial charge in [-0.1, -0.05) is 40.5 Å². The summed E-state index contributed by atoms with van der Waals surface area (Å²) < 4.78 is 21.7. The van der Waals surface area contributed by atoms with Gasteiger partial charge < -0.3 is 18.9 Å². The monoisotopic (exact) mass is 304 g/mol. The molecule has 5 nitrogen and oxygen atoms in total. The number of carbonyl (C=O) groups excluding carboxylic acids is 1. The fourth-order valence-electron chi connectivity index (χ4n) is 1.58. The van der Waals surface area contributed by atoms with E-state index < -0.39 is 12.3 Å². The Labute approximate surface area is 129 Å². The lowest BCUT2D eigenvalue weighted by Gasteiger charge is -2.19. The van der Waals surface area contributed by atoms with Gasteiger partial charge in [0.15, 0.2) is 6.29 Å². The fraction of sp³-hybridized carbons (Fsp3) is 0.938. The second kappa shape index (κ2) is 14.3. The van der Waals surface area contributed by atoms with Crippen LogP contribution in [-0.2, 0) is 23.7 Å². The molecule has 0 rings (SSSR count). The van der Waals surface area contributed by atoms with Gasteiger partial charge in [-0.3, -0.25) is 0 Å². The predicted octanol–water partition coefficient (Wildman–Crippen LogP) is 3.65. The molecule has 0 saturated heterocycles. The zero-order valence-corrected chi connectivity index (χ0v) is 14.1. The maximum atomic E-state index is 11.7.